The van der Waals surface area contributed by atoms with E-state index in [0.717, 1.165) is 12.1 Å². The van der Waals surface area contributed by atoms with E-state index in [1.807, 2.05) is 0 Å². The Balaban J connectivity index is 2.53. The summed E-state index contributed by atoms with van der Waals surface area (Å²) < 4.78 is 75.2. The van der Waals surface area contributed by atoms with Crippen molar-refractivity contribution < 1.29 is 36.2 Å². The van der Waals surface area contributed by atoms with Crippen LogP contribution in [0, 0.1) is 0 Å². The average molecular weight is 335 g/mol. The summed E-state index contributed by atoms with van der Waals surface area (Å²) >= 11 is 0. The van der Waals surface area contributed by atoms with E-state index in [2.05, 4.69) is 4.98 Å². The van der Waals surface area contributed by atoms with Crippen LogP contribution >= 0.6 is 0 Å². The Morgan fingerprint density at radius 2 is 1.43 bits per heavy atom. The van der Waals surface area contributed by atoms with Crippen molar-refractivity contribution in [2.45, 2.75) is 12.4 Å². The highest BCUT2D eigenvalue weighted by Gasteiger charge is 2.33. The molecule has 2 aromatic rings. The van der Waals surface area contributed by atoms with Crippen molar-refractivity contribution in [1.29, 1.82) is 0 Å². The number of carboxylic acids is 1. The molecule has 3 nitrogen and oxygen atoms in total. The maximum Gasteiger partial charge on any atom is 0.417 e. The Labute approximate surface area is 125 Å². The van der Waals surface area contributed by atoms with Gasteiger partial charge in [0.25, 0.3) is 0 Å². The number of alkyl halides is 6. The molecule has 0 spiro atoms. The van der Waals surface area contributed by atoms with Crippen LogP contribution in [0.25, 0.3) is 11.3 Å². The van der Waals surface area contributed by atoms with Crippen LogP contribution in [0.5, 0.6) is 0 Å². The minimum absolute atomic E-state index is 0.0378. The van der Waals surface area contributed by atoms with Crippen molar-refractivity contribution in [1.82, 2.24) is 4.98 Å². The molecule has 1 aromatic carbocycles. The fourth-order valence-corrected chi connectivity index (χ4v) is 1.83. The molecule has 0 unspecified atom stereocenters. The van der Waals surface area contributed by atoms with Crippen molar-refractivity contribution in [3.05, 3.63) is 53.2 Å². The van der Waals surface area contributed by atoms with Crippen LogP contribution in [0.2, 0.25) is 0 Å². The molecule has 23 heavy (non-hydrogen) atoms. The van der Waals surface area contributed by atoms with E-state index in [1.54, 1.807) is 0 Å². The Morgan fingerprint density at radius 3 is 1.87 bits per heavy atom. The Hall–Kier alpha value is -2.58. The number of aromatic nitrogens is 1. The van der Waals surface area contributed by atoms with E-state index in [1.165, 1.54) is 0 Å². The van der Waals surface area contributed by atoms with Crippen LogP contribution in [-0.4, -0.2) is 16.1 Å². The molecule has 0 fully saturated rings. The first-order chi connectivity index (χ1) is 10.5. The summed E-state index contributed by atoms with van der Waals surface area (Å²) in [5, 5.41) is 9.01. The van der Waals surface area contributed by atoms with Gasteiger partial charge >= 0.3 is 18.3 Å². The maximum absolute atomic E-state index is 12.6. The zero-order valence-corrected chi connectivity index (χ0v) is 11.0. The number of hydrogen-bond acceptors (Lipinski definition) is 2. The molecule has 0 radical (unpaired) electrons. The Kier molecular flexibility index (Phi) is 4.06. The van der Waals surface area contributed by atoms with Gasteiger partial charge in [0.15, 0.2) is 0 Å². The number of carboxylic acid groups (broad SMARTS) is 1. The van der Waals surface area contributed by atoms with Crippen molar-refractivity contribution in [2.24, 2.45) is 0 Å². The van der Waals surface area contributed by atoms with Crippen LogP contribution in [0.15, 0.2) is 36.5 Å². The molecule has 0 bridgehead atoms. The maximum atomic E-state index is 12.6. The SMILES string of the molecule is O=C(O)c1cc(C(F)(F)F)cnc1-c1ccc(C(F)(F)F)cc1. The molecular weight excluding hydrogens is 328 g/mol. The van der Waals surface area contributed by atoms with Gasteiger partial charge in [-0.3, -0.25) is 4.98 Å². The van der Waals surface area contributed by atoms with Gasteiger partial charge in [-0.1, -0.05) is 12.1 Å². The topological polar surface area (TPSA) is 50.2 Å². The van der Waals surface area contributed by atoms with Gasteiger partial charge in [0.05, 0.1) is 22.4 Å². The van der Waals surface area contributed by atoms with Crippen LogP contribution < -0.4 is 0 Å². The fourth-order valence-electron chi connectivity index (χ4n) is 1.83. The number of pyridine rings is 1. The fraction of sp³-hybridized carbons (Fsp3) is 0.143. The normalized spacial score (nSPS) is 12.3. The highest BCUT2D eigenvalue weighted by atomic mass is 19.4. The Morgan fingerprint density at radius 1 is 0.913 bits per heavy atom. The van der Waals surface area contributed by atoms with Crippen molar-refractivity contribution in [3.63, 3.8) is 0 Å². The first-order valence-electron chi connectivity index (χ1n) is 5.98. The molecule has 0 amide bonds. The van der Waals surface area contributed by atoms with E-state index in [0.29, 0.717) is 24.4 Å². The number of rotatable bonds is 2. The second-order valence-electron chi connectivity index (χ2n) is 4.50. The van der Waals surface area contributed by atoms with Gasteiger partial charge in [-0.25, -0.2) is 4.79 Å². The van der Waals surface area contributed by atoms with Gasteiger partial charge in [-0.05, 0) is 18.2 Å². The number of benzene rings is 1. The molecule has 1 aromatic heterocycles. The summed E-state index contributed by atoms with van der Waals surface area (Å²) in [5.41, 5.74) is -3.36. The predicted molar refractivity (Wildman–Crippen MR) is 66.6 cm³/mol. The molecule has 0 saturated carbocycles. The molecule has 2 rings (SSSR count). The summed E-state index contributed by atoms with van der Waals surface area (Å²) in [6, 6.07) is 3.68. The minimum Gasteiger partial charge on any atom is -0.478 e. The highest BCUT2D eigenvalue weighted by molar-refractivity contribution is 5.95. The van der Waals surface area contributed by atoms with Gasteiger partial charge in [0.1, 0.15) is 0 Å². The standard InChI is InChI=1S/C14H7F6NO2/c15-13(16,17)8-3-1-7(2-4-8)11-10(12(22)23)5-9(6-21-11)14(18,19)20/h1-6H,(H,22,23). The van der Waals surface area contributed by atoms with Crippen LogP contribution in [0.1, 0.15) is 21.5 Å². The number of hydrogen-bond donors (Lipinski definition) is 1. The molecule has 1 N–H and O–H groups in total. The van der Waals surface area contributed by atoms with E-state index in [9.17, 15) is 31.1 Å². The Bertz CT molecular complexity index is 734. The second kappa shape index (κ2) is 5.56. The van der Waals surface area contributed by atoms with Gasteiger partial charge in [0, 0.05) is 11.8 Å². The van der Waals surface area contributed by atoms with E-state index >= 15 is 0 Å². The molecule has 9 heteroatoms. The lowest BCUT2D eigenvalue weighted by molar-refractivity contribution is -0.138. The number of carbonyl (C=O) groups is 1. The van der Waals surface area contributed by atoms with Gasteiger partial charge < -0.3 is 5.11 Å². The average Bonchev–Trinajstić information content (AvgIpc) is 2.45. The summed E-state index contributed by atoms with van der Waals surface area (Å²) in [6.07, 6.45) is -8.93. The van der Waals surface area contributed by atoms with Gasteiger partial charge in [-0.15, -0.1) is 0 Å². The van der Waals surface area contributed by atoms with E-state index in [-0.39, 0.29) is 11.3 Å². The lowest BCUT2D eigenvalue weighted by Crippen LogP contribution is -2.10. The van der Waals surface area contributed by atoms with Crippen molar-refractivity contribution in [3.8, 4) is 11.3 Å². The molecule has 122 valence electrons. The molecule has 0 aliphatic rings. The quantitative estimate of drug-likeness (QED) is 0.823. The summed E-state index contributed by atoms with van der Waals surface area (Å²) in [6.45, 7) is 0. The molecular formula is C14H7F6NO2. The van der Waals surface area contributed by atoms with Crippen LogP contribution in [0.3, 0.4) is 0 Å². The highest BCUT2D eigenvalue weighted by Crippen LogP contribution is 2.34. The first-order valence-corrected chi connectivity index (χ1v) is 5.98. The molecule has 0 atom stereocenters. The monoisotopic (exact) mass is 335 g/mol. The lowest BCUT2D eigenvalue weighted by Gasteiger charge is -2.11. The van der Waals surface area contributed by atoms with Gasteiger partial charge in [0.2, 0.25) is 0 Å². The summed E-state index contributed by atoms with van der Waals surface area (Å²) in [7, 11) is 0. The smallest absolute Gasteiger partial charge is 0.417 e. The third-order valence-corrected chi connectivity index (χ3v) is 2.93. The van der Waals surface area contributed by atoms with E-state index in [4.69, 9.17) is 5.11 Å². The molecule has 0 aliphatic heterocycles. The first kappa shape index (κ1) is 16.8. The molecule has 0 aliphatic carbocycles. The summed E-state index contributed by atoms with van der Waals surface area (Å²) in [4.78, 5) is 14.6. The number of halogens is 6. The second-order valence-corrected chi connectivity index (χ2v) is 4.50. The number of nitrogens with zero attached hydrogens (tertiary/aromatic N) is 1. The van der Waals surface area contributed by atoms with Crippen molar-refractivity contribution in [2.75, 3.05) is 0 Å². The molecule has 1 heterocycles. The largest absolute Gasteiger partial charge is 0.478 e. The molecule has 0 saturated heterocycles. The third-order valence-electron chi connectivity index (χ3n) is 2.93. The predicted octanol–water partition coefficient (Wildman–Crippen LogP) is 4.48. The third kappa shape index (κ3) is 3.61. The zero-order valence-electron chi connectivity index (χ0n) is 11.0. The van der Waals surface area contributed by atoms with Crippen LogP contribution in [0.4, 0.5) is 26.3 Å². The van der Waals surface area contributed by atoms with Gasteiger partial charge in [-0.2, -0.15) is 26.3 Å². The number of aromatic carboxylic acids is 1. The van der Waals surface area contributed by atoms with Crippen molar-refractivity contribution >= 4 is 5.97 Å². The van der Waals surface area contributed by atoms with E-state index < -0.39 is 35.0 Å². The zero-order chi connectivity index (χ0) is 17.4. The summed E-state index contributed by atoms with van der Waals surface area (Å²) in [5.74, 6) is -1.67. The van der Waals surface area contributed by atoms with Crippen LogP contribution in [-0.2, 0) is 12.4 Å². The lowest BCUT2D eigenvalue weighted by atomic mass is 10.0. The minimum atomic E-state index is -4.78.